The van der Waals surface area contributed by atoms with Gasteiger partial charge in [-0.1, -0.05) is 13.8 Å². The Hall–Kier alpha value is -0.660. The summed E-state index contributed by atoms with van der Waals surface area (Å²) in [4.78, 5) is 11.7. The monoisotopic (exact) mass is 305 g/mol. The number of piperidine rings is 1. The lowest BCUT2D eigenvalue weighted by Crippen LogP contribution is -2.48. The van der Waals surface area contributed by atoms with Crippen LogP contribution in [0, 0.1) is 5.92 Å². The van der Waals surface area contributed by atoms with Gasteiger partial charge in [0.05, 0.1) is 12.8 Å². The lowest BCUT2D eigenvalue weighted by Gasteiger charge is -2.30. The minimum Gasteiger partial charge on any atom is -0.352 e. The largest absolute Gasteiger partial charge is 0.352 e. The number of sulfonamides is 1. The van der Waals surface area contributed by atoms with E-state index in [-0.39, 0.29) is 18.0 Å². The van der Waals surface area contributed by atoms with Crippen LogP contribution < -0.4 is 10.6 Å². The van der Waals surface area contributed by atoms with Crippen LogP contribution in [0.25, 0.3) is 0 Å². The highest BCUT2D eigenvalue weighted by Crippen LogP contribution is 2.12. The van der Waals surface area contributed by atoms with Crippen molar-refractivity contribution < 1.29 is 13.2 Å². The first-order valence-corrected chi connectivity index (χ1v) is 9.03. The Kier molecular flexibility index (Phi) is 6.42. The molecule has 1 heterocycles. The molecule has 0 saturated carbocycles. The van der Waals surface area contributed by atoms with E-state index in [0.717, 1.165) is 12.8 Å². The Morgan fingerprint density at radius 3 is 2.25 bits per heavy atom. The molecule has 1 unspecified atom stereocenters. The Morgan fingerprint density at radius 1 is 1.25 bits per heavy atom. The second kappa shape index (κ2) is 7.38. The molecule has 7 heteroatoms. The maximum Gasteiger partial charge on any atom is 0.234 e. The van der Waals surface area contributed by atoms with Gasteiger partial charge in [-0.2, -0.15) is 0 Å². The van der Waals surface area contributed by atoms with E-state index >= 15 is 0 Å². The fourth-order valence-electron chi connectivity index (χ4n) is 2.10. The molecule has 1 fully saturated rings. The van der Waals surface area contributed by atoms with Crippen molar-refractivity contribution in [3.05, 3.63) is 0 Å². The van der Waals surface area contributed by atoms with Crippen LogP contribution in [0.15, 0.2) is 0 Å². The number of nitrogens with one attached hydrogen (secondary N) is 2. The van der Waals surface area contributed by atoms with Crippen LogP contribution in [0.4, 0.5) is 0 Å². The Bertz CT molecular complexity index is 415. The molecule has 0 aromatic carbocycles. The van der Waals surface area contributed by atoms with Crippen molar-refractivity contribution in [2.24, 2.45) is 5.92 Å². The van der Waals surface area contributed by atoms with Crippen LogP contribution in [0.1, 0.15) is 33.6 Å². The fourth-order valence-corrected chi connectivity index (χ4v) is 2.97. The third-order valence-corrected chi connectivity index (χ3v) is 5.17. The van der Waals surface area contributed by atoms with Gasteiger partial charge in [0, 0.05) is 25.2 Å². The summed E-state index contributed by atoms with van der Waals surface area (Å²) in [6.45, 7) is 7.48. The molecule has 1 aliphatic rings. The molecule has 20 heavy (non-hydrogen) atoms. The number of carbonyl (C=O) groups excluding carboxylic acids is 1. The molecule has 0 aliphatic carbocycles. The molecule has 1 saturated heterocycles. The SMILES string of the molecule is CC(C)C(C)NC(=O)CNC1CCN(S(C)(=O)=O)CC1. The maximum atomic E-state index is 11.7. The summed E-state index contributed by atoms with van der Waals surface area (Å²) in [5, 5.41) is 6.15. The standard InChI is InChI=1S/C13H27N3O3S/c1-10(2)11(3)15-13(17)9-14-12-5-7-16(8-6-12)20(4,18)19/h10-12,14H,5-9H2,1-4H3,(H,15,17). The fraction of sp³-hybridized carbons (Fsp3) is 0.923. The Morgan fingerprint density at radius 2 is 1.80 bits per heavy atom. The van der Waals surface area contributed by atoms with Crippen molar-refractivity contribution in [1.82, 2.24) is 14.9 Å². The van der Waals surface area contributed by atoms with Crippen molar-refractivity contribution in [3.8, 4) is 0 Å². The Balaban J connectivity index is 2.26. The summed E-state index contributed by atoms with van der Waals surface area (Å²) in [6.07, 6.45) is 2.74. The molecule has 1 aliphatic heterocycles. The second-order valence-electron chi connectivity index (χ2n) is 5.92. The molecule has 0 aromatic heterocycles. The van der Waals surface area contributed by atoms with E-state index in [9.17, 15) is 13.2 Å². The summed E-state index contributed by atoms with van der Waals surface area (Å²) in [6, 6.07) is 0.379. The topological polar surface area (TPSA) is 78.5 Å². The summed E-state index contributed by atoms with van der Waals surface area (Å²) < 4.78 is 24.3. The number of carbonyl (C=O) groups is 1. The summed E-state index contributed by atoms with van der Waals surface area (Å²) in [5.41, 5.74) is 0. The quantitative estimate of drug-likeness (QED) is 0.733. The highest BCUT2D eigenvalue weighted by Gasteiger charge is 2.24. The van der Waals surface area contributed by atoms with E-state index in [0.29, 0.717) is 25.6 Å². The molecule has 1 amide bonds. The van der Waals surface area contributed by atoms with Crippen molar-refractivity contribution in [2.45, 2.75) is 45.7 Å². The predicted molar refractivity (Wildman–Crippen MR) is 79.9 cm³/mol. The van der Waals surface area contributed by atoms with Crippen molar-refractivity contribution >= 4 is 15.9 Å². The van der Waals surface area contributed by atoms with Gasteiger partial charge in [-0.15, -0.1) is 0 Å². The second-order valence-corrected chi connectivity index (χ2v) is 7.90. The average molecular weight is 305 g/mol. The van der Waals surface area contributed by atoms with Gasteiger partial charge in [-0.05, 0) is 25.7 Å². The molecule has 0 bridgehead atoms. The molecule has 2 N–H and O–H groups in total. The van der Waals surface area contributed by atoms with Gasteiger partial charge in [-0.3, -0.25) is 4.79 Å². The molecule has 118 valence electrons. The summed E-state index contributed by atoms with van der Waals surface area (Å²) >= 11 is 0. The number of amides is 1. The van der Waals surface area contributed by atoms with E-state index < -0.39 is 10.0 Å². The molecular formula is C13H27N3O3S. The van der Waals surface area contributed by atoms with Crippen molar-refractivity contribution in [1.29, 1.82) is 0 Å². The summed E-state index contributed by atoms with van der Waals surface area (Å²) in [5.74, 6) is 0.411. The predicted octanol–water partition coefficient (Wildman–Crippen LogP) is 0.161. The van der Waals surface area contributed by atoms with Crippen LogP contribution in [0.2, 0.25) is 0 Å². The molecular weight excluding hydrogens is 278 g/mol. The highest BCUT2D eigenvalue weighted by atomic mass is 32.2. The van der Waals surface area contributed by atoms with Crippen LogP contribution >= 0.6 is 0 Å². The van der Waals surface area contributed by atoms with E-state index in [1.165, 1.54) is 10.6 Å². The lowest BCUT2D eigenvalue weighted by molar-refractivity contribution is -0.121. The van der Waals surface area contributed by atoms with Crippen LogP contribution in [-0.4, -0.2) is 56.6 Å². The zero-order chi connectivity index (χ0) is 15.3. The molecule has 0 aromatic rings. The van der Waals surface area contributed by atoms with E-state index in [4.69, 9.17) is 0 Å². The van der Waals surface area contributed by atoms with Gasteiger partial charge in [0.2, 0.25) is 15.9 Å². The highest BCUT2D eigenvalue weighted by molar-refractivity contribution is 7.88. The smallest absolute Gasteiger partial charge is 0.234 e. The van der Waals surface area contributed by atoms with Gasteiger partial charge in [0.25, 0.3) is 0 Å². The third-order valence-electron chi connectivity index (χ3n) is 3.86. The normalized spacial score (nSPS) is 20.1. The third kappa shape index (κ3) is 5.76. The first-order valence-electron chi connectivity index (χ1n) is 7.18. The van der Waals surface area contributed by atoms with E-state index in [1.54, 1.807) is 0 Å². The van der Waals surface area contributed by atoms with E-state index in [1.807, 2.05) is 6.92 Å². The zero-order valence-electron chi connectivity index (χ0n) is 12.8. The van der Waals surface area contributed by atoms with Crippen LogP contribution in [-0.2, 0) is 14.8 Å². The molecule has 6 nitrogen and oxygen atoms in total. The maximum absolute atomic E-state index is 11.7. The molecule has 1 rings (SSSR count). The number of nitrogens with zero attached hydrogens (tertiary/aromatic N) is 1. The van der Waals surface area contributed by atoms with E-state index in [2.05, 4.69) is 24.5 Å². The number of hydrogen-bond acceptors (Lipinski definition) is 4. The first-order chi connectivity index (χ1) is 9.20. The molecule has 1 atom stereocenters. The van der Waals surface area contributed by atoms with Gasteiger partial charge < -0.3 is 10.6 Å². The van der Waals surface area contributed by atoms with Gasteiger partial charge in [0.1, 0.15) is 0 Å². The van der Waals surface area contributed by atoms with Crippen molar-refractivity contribution in [2.75, 3.05) is 25.9 Å². The minimum atomic E-state index is -3.08. The zero-order valence-corrected chi connectivity index (χ0v) is 13.7. The van der Waals surface area contributed by atoms with Gasteiger partial charge >= 0.3 is 0 Å². The number of rotatable bonds is 6. The first kappa shape index (κ1) is 17.4. The lowest BCUT2D eigenvalue weighted by atomic mass is 10.1. The molecule has 0 radical (unpaired) electrons. The average Bonchev–Trinajstić information content (AvgIpc) is 2.35. The van der Waals surface area contributed by atoms with Gasteiger partial charge in [-0.25, -0.2) is 12.7 Å². The van der Waals surface area contributed by atoms with Crippen LogP contribution in [0.3, 0.4) is 0 Å². The van der Waals surface area contributed by atoms with Gasteiger partial charge in [0.15, 0.2) is 0 Å². The summed E-state index contributed by atoms with van der Waals surface area (Å²) in [7, 11) is -3.08. The Labute approximate surface area is 122 Å². The van der Waals surface area contributed by atoms with Crippen LogP contribution in [0.5, 0.6) is 0 Å². The van der Waals surface area contributed by atoms with Crippen molar-refractivity contribution in [3.63, 3.8) is 0 Å². The molecule has 0 spiro atoms. The minimum absolute atomic E-state index is 0.00302. The number of hydrogen-bond donors (Lipinski definition) is 2.